The summed E-state index contributed by atoms with van der Waals surface area (Å²) >= 11 is 0. The molecule has 0 saturated carbocycles. The fraction of sp³-hybridized carbons (Fsp3) is 0.350. The van der Waals surface area contributed by atoms with Crippen molar-refractivity contribution in [3.8, 4) is 0 Å². The molecule has 0 radical (unpaired) electrons. The maximum atomic E-state index is 14.3. The van der Waals surface area contributed by atoms with E-state index in [1.807, 2.05) is 19.2 Å². The molecular weight excluding hydrogens is 367 g/mol. The van der Waals surface area contributed by atoms with E-state index in [1.54, 1.807) is 0 Å². The van der Waals surface area contributed by atoms with E-state index in [9.17, 15) is 13.2 Å². The molecule has 0 unspecified atom stereocenters. The first-order valence-electron chi connectivity index (χ1n) is 9.22. The van der Waals surface area contributed by atoms with Crippen molar-refractivity contribution in [2.24, 2.45) is 0 Å². The summed E-state index contributed by atoms with van der Waals surface area (Å²) in [4.78, 5) is 6.80. The number of aromatic nitrogens is 3. The number of benzene rings is 1. The Bertz CT molecular complexity index is 1000. The Kier molecular flexibility index (Phi) is 5.02. The minimum absolute atomic E-state index is 0.0210. The molecule has 0 atom stereocenters. The largest absolute Gasteiger partial charge is 0.370 e. The summed E-state index contributed by atoms with van der Waals surface area (Å²) in [5.41, 5.74) is 1.96. The number of alkyl halides is 2. The Morgan fingerprint density at radius 3 is 2.71 bits per heavy atom. The lowest BCUT2D eigenvalue weighted by Gasteiger charge is -2.18. The van der Waals surface area contributed by atoms with Crippen molar-refractivity contribution in [3.63, 3.8) is 0 Å². The van der Waals surface area contributed by atoms with E-state index in [2.05, 4.69) is 25.4 Å². The molecule has 28 heavy (non-hydrogen) atoms. The van der Waals surface area contributed by atoms with E-state index in [0.717, 1.165) is 43.1 Å². The lowest BCUT2D eigenvalue weighted by Crippen LogP contribution is -2.18. The Balaban J connectivity index is 1.66. The molecule has 8 heteroatoms. The maximum Gasteiger partial charge on any atom is 0.266 e. The van der Waals surface area contributed by atoms with Crippen molar-refractivity contribution in [1.82, 2.24) is 15.2 Å². The summed E-state index contributed by atoms with van der Waals surface area (Å²) in [6, 6.07) is 6.00. The number of hydrogen-bond donors (Lipinski definition) is 1. The van der Waals surface area contributed by atoms with Crippen LogP contribution in [0.3, 0.4) is 0 Å². The van der Waals surface area contributed by atoms with Gasteiger partial charge in [-0.25, -0.2) is 13.2 Å². The molecule has 3 heterocycles. The number of pyridine rings is 1. The summed E-state index contributed by atoms with van der Waals surface area (Å²) in [6.07, 6.45) is 1.28. The molecule has 146 valence electrons. The molecule has 3 aromatic rings. The molecule has 1 saturated heterocycles. The molecule has 1 fully saturated rings. The van der Waals surface area contributed by atoms with E-state index >= 15 is 0 Å². The molecule has 0 spiro atoms. The van der Waals surface area contributed by atoms with Gasteiger partial charge in [-0.2, -0.15) is 5.10 Å². The predicted molar refractivity (Wildman–Crippen MR) is 102 cm³/mol. The van der Waals surface area contributed by atoms with Crippen LogP contribution >= 0.6 is 0 Å². The van der Waals surface area contributed by atoms with E-state index in [1.165, 1.54) is 12.1 Å². The zero-order valence-electron chi connectivity index (χ0n) is 15.4. The minimum Gasteiger partial charge on any atom is -0.370 e. The molecule has 1 N–H and O–H groups in total. The third kappa shape index (κ3) is 3.46. The average Bonchev–Trinajstić information content (AvgIpc) is 3.23. The Morgan fingerprint density at radius 2 is 1.96 bits per heavy atom. The molecule has 0 amide bonds. The van der Waals surface area contributed by atoms with Crippen molar-refractivity contribution in [2.45, 2.75) is 32.7 Å². The fourth-order valence-corrected chi connectivity index (χ4v) is 3.51. The van der Waals surface area contributed by atoms with Crippen LogP contribution in [0.5, 0.6) is 0 Å². The number of rotatable bonds is 5. The van der Waals surface area contributed by atoms with Gasteiger partial charge >= 0.3 is 0 Å². The van der Waals surface area contributed by atoms with Crippen LogP contribution in [0.1, 0.15) is 36.1 Å². The number of halogens is 3. The second kappa shape index (κ2) is 7.61. The summed E-state index contributed by atoms with van der Waals surface area (Å²) < 4.78 is 40.1. The first-order valence-corrected chi connectivity index (χ1v) is 9.22. The SMILES string of the molecule is Cc1nnc(NCc2cccc(C(F)F)c2F)c2cc(N3CCCC3)cnc12. The Morgan fingerprint density at radius 1 is 1.18 bits per heavy atom. The van der Waals surface area contributed by atoms with Crippen molar-refractivity contribution in [3.05, 3.63) is 53.1 Å². The minimum atomic E-state index is -2.85. The van der Waals surface area contributed by atoms with Crippen LogP contribution in [0.4, 0.5) is 24.7 Å². The van der Waals surface area contributed by atoms with Gasteiger partial charge in [0.15, 0.2) is 5.82 Å². The van der Waals surface area contributed by atoms with Crippen LogP contribution in [0.15, 0.2) is 30.5 Å². The van der Waals surface area contributed by atoms with Gasteiger partial charge in [-0.1, -0.05) is 18.2 Å². The summed E-state index contributed by atoms with van der Waals surface area (Å²) in [6.45, 7) is 3.82. The van der Waals surface area contributed by atoms with Crippen LogP contribution in [0.2, 0.25) is 0 Å². The molecule has 1 aliphatic heterocycles. The molecular formula is C20H20F3N5. The third-order valence-electron chi connectivity index (χ3n) is 5.03. The number of aryl methyl sites for hydroxylation is 1. The first kappa shape index (κ1) is 18.5. The molecule has 0 aliphatic carbocycles. The van der Waals surface area contributed by atoms with Gasteiger partial charge in [0.05, 0.1) is 28.7 Å². The first-order chi connectivity index (χ1) is 13.5. The molecule has 4 rings (SSSR count). The van der Waals surface area contributed by atoms with Gasteiger partial charge in [0.2, 0.25) is 0 Å². The van der Waals surface area contributed by atoms with Crippen LogP contribution < -0.4 is 10.2 Å². The smallest absolute Gasteiger partial charge is 0.266 e. The van der Waals surface area contributed by atoms with Gasteiger partial charge in [0.25, 0.3) is 6.43 Å². The molecule has 0 bridgehead atoms. The van der Waals surface area contributed by atoms with Gasteiger partial charge in [-0.3, -0.25) is 4.98 Å². The lowest BCUT2D eigenvalue weighted by molar-refractivity contribution is 0.146. The van der Waals surface area contributed by atoms with Crippen LogP contribution in [0.25, 0.3) is 10.9 Å². The number of nitrogens with one attached hydrogen (secondary N) is 1. The summed E-state index contributed by atoms with van der Waals surface area (Å²) in [7, 11) is 0. The topological polar surface area (TPSA) is 53.9 Å². The van der Waals surface area contributed by atoms with Crippen LogP contribution in [-0.2, 0) is 6.54 Å². The van der Waals surface area contributed by atoms with Crippen molar-refractivity contribution < 1.29 is 13.2 Å². The van der Waals surface area contributed by atoms with Gasteiger partial charge in [0, 0.05) is 30.6 Å². The van der Waals surface area contributed by atoms with Crippen molar-refractivity contribution in [2.75, 3.05) is 23.3 Å². The predicted octanol–water partition coefficient (Wildman–Crippen LogP) is 4.62. The fourth-order valence-electron chi connectivity index (χ4n) is 3.51. The highest BCUT2D eigenvalue weighted by Gasteiger charge is 2.18. The van der Waals surface area contributed by atoms with E-state index in [-0.39, 0.29) is 12.1 Å². The second-order valence-corrected chi connectivity index (χ2v) is 6.89. The third-order valence-corrected chi connectivity index (χ3v) is 5.03. The van der Waals surface area contributed by atoms with Gasteiger partial charge in [0.1, 0.15) is 5.82 Å². The van der Waals surface area contributed by atoms with Crippen molar-refractivity contribution >= 4 is 22.4 Å². The number of anilines is 2. The maximum absolute atomic E-state index is 14.3. The normalized spacial score (nSPS) is 14.2. The van der Waals surface area contributed by atoms with Crippen molar-refractivity contribution in [1.29, 1.82) is 0 Å². The van der Waals surface area contributed by atoms with Gasteiger partial charge in [-0.15, -0.1) is 5.10 Å². The molecule has 1 aliphatic rings. The van der Waals surface area contributed by atoms with E-state index < -0.39 is 17.8 Å². The zero-order chi connectivity index (χ0) is 19.7. The molecule has 2 aromatic heterocycles. The number of fused-ring (bicyclic) bond motifs is 1. The van der Waals surface area contributed by atoms with E-state index in [0.29, 0.717) is 17.0 Å². The van der Waals surface area contributed by atoms with E-state index in [4.69, 9.17) is 0 Å². The highest BCUT2D eigenvalue weighted by atomic mass is 19.3. The Hall–Kier alpha value is -2.90. The summed E-state index contributed by atoms with van der Waals surface area (Å²) in [5.74, 6) is -0.443. The van der Waals surface area contributed by atoms with Gasteiger partial charge in [-0.05, 0) is 25.8 Å². The molecule has 5 nitrogen and oxygen atoms in total. The Labute approximate surface area is 160 Å². The summed E-state index contributed by atoms with van der Waals surface area (Å²) in [5, 5.41) is 12.1. The number of hydrogen-bond acceptors (Lipinski definition) is 5. The highest BCUT2D eigenvalue weighted by molar-refractivity contribution is 5.92. The monoisotopic (exact) mass is 387 g/mol. The van der Waals surface area contributed by atoms with Crippen LogP contribution in [0, 0.1) is 12.7 Å². The zero-order valence-corrected chi connectivity index (χ0v) is 15.4. The molecule has 1 aromatic carbocycles. The average molecular weight is 387 g/mol. The van der Waals surface area contributed by atoms with Gasteiger partial charge < -0.3 is 10.2 Å². The lowest BCUT2D eigenvalue weighted by atomic mass is 10.1. The number of nitrogens with zero attached hydrogens (tertiary/aromatic N) is 4. The standard InChI is InChI=1S/C20H20F3N5/c1-12-18-16(9-14(11-24-18)28-7-2-3-8-28)20(27-26-12)25-10-13-5-4-6-15(17(13)21)19(22)23/h4-6,9,11,19H,2-3,7-8,10H2,1H3,(H,25,27). The van der Waals surface area contributed by atoms with Crippen LogP contribution in [-0.4, -0.2) is 28.3 Å². The highest BCUT2D eigenvalue weighted by Crippen LogP contribution is 2.29. The quantitative estimate of drug-likeness (QED) is 0.692. The second-order valence-electron chi connectivity index (χ2n) is 6.89.